The summed E-state index contributed by atoms with van der Waals surface area (Å²) in [6.07, 6.45) is -4.81. The van der Waals surface area contributed by atoms with Gasteiger partial charge in [0.05, 0.1) is 5.69 Å². The molecule has 2 aromatic rings. The standard InChI is InChI=1S/C20H22F3N3O5/c1-11(18(30)31-19(2,3)4)16(27)24-10-12-6-5-7-13(8-12)26-14(17(28)29)9-15(25-26)20(21,22)23/h5-9,11H,10H2,1-4H3,(H,24,27)(H,28,29). The number of hydrogen-bond acceptors (Lipinski definition) is 5. The first-order valence-electron chi connectivity index (χ1n) is 9.19. The van der Waals surface area contributed by atoms with E-state index in [4.69, 9.17) is 4.74 Å². The van der Waals surface area contributed by atoms with Crippen molar-refractivity contribution in [3.8, 4) is 5.69 Å². The Morgan fingerprint density at radius 3 is 2.39 bits per heavy atom. The number of carboxylic acid groups (broad SMARTS) is 1. The summed E-state index contributed by atoms with van der Waals surface area (Å²) in [5, 5.41) is 15.1. The lowest BCUT2D eigenvalue weighted by atomic mass is 10.1. The zero-order chi connectivity index (χ0) is 23.6. The van der Waals surface area contributed by atoms with Crippen molar-refractivity contribution in [3.05, 3.63) is 47.3 Å². The van der Waals surface area contributed by atoms with Crippen LogP contribution in [0.1, 0.15) is 49.4 Å². The summed E-state index contributed by atoms with van der Waals surface area (Å²) in [7, 11) is 0. The van der Waals surface area contributed by atoms with Crippen LogP contribution in [-0.2, 0) is 27.0 Å². The van der Waals surface area contributed by atoms with Crippen LogP contribution in [0, 0.1) is 5.92 Å². The molecule has 8 nitrogen and oxygen atoms in total. The average molecular weight is 441 g/mol. The number of carbonyl (C=O) groups is 3. The number of amides is 1. The minimum atomic E-state index is -4.81. The Balaban J connectivity index is 2.18. The van der Waals surface area contributed by atoms with Gasteiger partial charge in [0.15, 0.2) is 11.4 Å². The van der Waals surface area contributed by atoms with Crippen LogP contribution < -0.4 is 5.32 Å². The van der Waals surface area contributed by atoms with Gasteiger partial charge in [-0.25, -0.2) is 9.48 Å². The van der Waals surface area contributed by atoms with Crippen LogP contribution >= 0.6 is 0 Å². The summed E-state index contributed by atoms with van der Waals surface area (Å²) in [5.41, 5.74) is -2.22. The Morgan fingerprint density at radius 1 is 1.19 bits per heavy atom. The number of nitrogens with one attached hydrogen (secondary N) is 1. The molecule has 31 heavy (non-hydrogen) atoms. The smallest absolute Gasteiger partial charge is 0.435 e. The number of aromatic nitrogens is 2. The summed E-state index contributed by atoms with van der Waals surface area (Å²) < 4.78 is 44.6. The molecule has 1 aromatic carbocycles. The molecule has 1 atom stereocenters. The number of alkyl halides is 3. The number of rotatable bonds is 6. The van der Waals surface area contributed by atoms with Crippen LogP contribution in [0.2, 0.25) is 0 Å². The van der Waals surface area contributed by atoms with Crippen molar-refractivity contribution in [3.63, 3.8) is 0 Å². The second-order valence-corrected chi connectivity index (χ2v) is 7.77. The number of esters is 1. The number of carboxylic acids is 1. The lowest BCUT2D eigenvalue weighted by Gasteiger charge is -2.22. The van der Waals surface area contributed by atoms with Gasteiger partial charge in [-0.1, -0.05) is 12.1 Å². The van der Waals surface area contributed by atoms with Gasteiger partial charge in [-0.2, -0.15) is 18.3 Å². The molecule has 0 aliphatic carbocycles. The van der Waals surface area contributed by atoms with Crippen LogP contribution in [-0.4, -0.2) is 38.3 Å². The quantitative estimate of drug-likeness (QED) is 0.526. The molecule has 2 rings (SSSR count). The Kier molecular flexibility index (Phi) is 6.77. The Morgan fingerprint density at radius 2 is 1.84 bits per heavy atom. The third-order valence-corrected chi connectivity index (χ3v) is 3.99. The van der Waals surface area contributed by atoms with Gasteiger partial charge in [0.2, 0.25) is 5.91 Å². The first-order chi connectivity index (χ1) is 14.2. The fourth-order valence-corrected chi connectivity index (χ4v) is 2.51. The molecule has 168 valence electrons. The first kappa shape index (κ1) is 23.9. The molecule has 0 spiro atoms. The predicted octanol–water partition coefficient (Wildman–Crippen LogP) is 3.18. The highest BCUT2D eigenvalue weighted by Crippen LogP contribution is 2.29. The highest BCUT2D eigenvalue weighted by atomic mass is 19.4. The summed E-state index contributed by atoms with van der Waals surface area (Å²) in [5.74, 6) is -3.93. The van der Waals surface area contributed by atoms with E-state index in [9.17, 15) is 32.7 Å². The number of aromatic carboxylic acids is 1. The molecular weight excluding hydrogens is 419 g/mol. The number of benzene rings is 1. The number of carbonyl (C=O) groups excluding carboxylic acids is 2. The van der Waals surface area contributed by atoms with Crippen molar-refractivity contribution in [1.82, 2.24) is 15.1 Å². The molecule has 0 radical (unpaired) electrons. The van der Waals surface area contributed by atoms with E-state index in [-0.39, 0.29) is 12.2 Å². The fourth-order valence-electron chi connectivity index (χ4n) is 2.51. The van der Waals surface area contributed by atoms with E-state index in [1.165, 1.54) is 25.1 Å². The van der Waals surface area contributed by atoms with Gasteiger partial charge >= 0.3 is 18.1 Å². The SMILES string of the molecule is CC(C(=O)NCc1cccc(-n2nc(C(F)(F)F)cc2C(=O)O)c1)C(=O)OC(C)(C)C. The van der Waals surface area contributed by atoms with Crippen LogP contribution in [0.3, 0.4) is 0 Å². The molecule has 0 fully saturated rings. The molecular formula is C20H22F3N3O5. The molecule has 11 heteroatoms. The van der Waals surface area contributed by atoms with E-state index in [1.807, 2.05) is 0 Å². The molecule has 0 bridgehead atoms. The number of hydrogen-bond donors (Lipinski definition) is 2. The molecule has 1 amide bonds. The van der Waals surface area contributed by atoms with Crippen LogP contribution in [0.4, 0.5) is 13.2 Å². The lowest BCUT2D eigenvalue weighted by molar-refractivity contribution is -0.161. The minimum Gasteiger partial charge on any atom is -0.477 e. The minimum absolute atomic E-state index is 0.0460. The second-order valence-electron chi connectivity index (χ2n) is 7.77. The van der Waals surface area contributed by atoms with Crippen LogP contribution in [0.25, 0.3) is 5.69 Å². The van der Waals surface area contributed by atoms with Crippen LogP contribution in [0.15, 0.2) is 30.3 Å². The molecule has 1 heterocycles. The van der Waals surface area contributed by atoms with E-state index >= 15 is 0 Å². The average Bonchev–Trinajstić information content (AvgIpc) is 3.10. The molecule has 0 saturated heterocycles. The van der Waals surface area contributed by atoms with Gasteiger partial charge < -0.3 is 15.2 Å². The van der Waals surface area contributed by atoms with Gasteiger partial charge in [-0.15, -0.1) is 0 Å². The highest BCUT2D eigenvalue weighted by molar-refractivity contribution is 5.97. The maximum atomic E-state index is 12.9. The molecule has 0 saturated carbocycles. The third kappa shape index (κ3) is 6.30. The molecule has 0 aliphatic rings. The van der Waals surface area contributed by atoms with Crippen molar-refractivity contribution in [2.75, 3.05) is 0 Å². The first-order valence-corrected chi connectivity index (χ1v) is 9.19. The second kappa shape index (κ2) is 8.78. The zero-order valence-electron chi connectivity index (χ0n) is 17.3. The summed E-state index contributed by atoms with van der Waals surface area (Å²) in [6.45, 7) is 6.36. The summed E-state index contributed by atoms with van der Waals surface area (Å²) in [4.78, 5) is 35.6. The van der Waals surface area contributed by atoms with E-state index in [0.29, 0.717) is 16.3 Å². The number of nitrogens with zero attached hydrogens (tertiary/aromatic N) is 2. The van der Waals surface area contributed by atoms with Crippen molar-refractivity contribution in [2.24, 2.45) is 5.92 Å². The Hall–Kier alpha value is -3.37. The Labute approximate surface area is 176 Å². The molecule has 1 unspecified atom stereocenters. The van der Waals surface area contributed by atoms with Gasteiger partial charge in [0, 0.05) is 12.6 Å². The predicted molar refractivity (Wildman–Crippen MR) is 102 cm³/mol. The van der Waals surface area contributed by atoms with E-state index in [2.05, 4.69) is 10.4 Å². The monoisotopic (exact) mass is 441 g/mol. The normalized spacial score (nSPS) is 12.9. The lowest BCUT2D eigenvalue weighted by Crippen LogP contribution is -2.37. The van der Waals surface area contributed by atoms with Gasteiger partial charge in [-0.3, -0.25) is 9.59 Å². The molecule has 2 N–H and O–H groups in total. The van der Waals surface area contributed by atoms with E-state index in [1.54, 1.807) is 26.8 Å². The van der Waals surface area contributed by atoms with E-state index in [0.717, 1.165) is 0 Å². The van der Waals surface area contributed by atoms with Gasteiger partial charge in [0.1, 0.15) is 11.5 Å². The van der Waals surface area contributed by atoms with Crippen molar-refractivity contribution in [1.29, 1.82) is 0 Å². The summed E-state index contributed by atoms with van der Waals surface area (Å²) >= 11 is 0. The zero-order valence-corrected chi connectivity index (χ0v) is 17.3. The Bertz CT molecular complexity index is 993. The van der Waals surface area contributed by atoms with Crippen molar-refractivity contribution >= 4 is 17.8 Å². The van der Waals surface area contributed by atoms with E-state index < -0.39 is 46.9 Å². The number of ether oxygens (including phenoxy) is 1. The largest absolute Gasteiger partial charge is 0.477 e. The number of halogens is 3. The van der Waals surface area contributed by atoms with Crippen molar-refractivity contribution in [2.45, 2.75) is 46.0 Å². The van der Waals surface area contributed by atoms with Crippen molar-refractivity contribution < 1.29 is 37.4 Å². The summed E-state index contributed by atoms with van der Waals surface area (Å²) in [6, 6.07) is 6.27. The third-order valence-electron chi connectivity index (χ3n) is 3.99. The molecule has 0 aliphatic heterocycles. The van der Waals surface area contributed by atoms with Crippen LogP contribution in [0.5, 0.6) is 0 Å². The molecule has 1 aromatic heterocycles. The van der Waals surface area contributed by atoms with Gasteiger partial charge in [0.25, 0.3) is 0 Å². The fraction of sp³-hybridized carbons (Fsp3) is 0.400. The van der Waals surface area contributed by atoms with Gasteiger partial charge in [-0.05, 0) is 45.4 Å². The maximum absolute atomic E-state index is 12.9. The highest BCUT2D eigenvalue weighted by Gasteiger charge is 2.36. The topological polar surface area (TPSA) is 111 Å². The maximum Gasteiger partial charge on any atom is 0.435 e.